The Hall–Kier alpha value is -3.41. The number of allylic oxidation sites excluding steroid dienone is 2. The molecule has 41 heavy (non-hydrogen) atoms. The van der Waals surface area contributed by atoms with Gasteiger partial charge < -0.3 is 15.3 Å². The predicted molar refractivity (Wildman–Crippen MR) is 149 cm³/mol. The lowest BCUT2D eigenvalue weighted by Crippen LogP contribution is -2.60. The van der Waals surface area contributed by atoms with Crippen LogP contribution in [0, 0.1) is 17.8 Å². The molecule has 0 spiro atoms. The van der Waals surface area contributed by atoms with Crippen LogP contribution in [0.1, 0.15) is 34.7 Å². The van der Waals surface area contributed by atoms with E-state index in [1.54, 1.807) is 18.2 Å². The predicted octanol–water partition coefficient (Wildman–Crippen LogP) is 3.71. The van der Waals surface area contributed by atoms with E-state index in [-0.39, 0.29) is 35.3 Å². The Morgan fingerprint density at radius 2 is 1.66 bits per heavy atom. The van der Waals surface area contributed by atoms with Crippen LogP contribution in [0.5, 0.6) is 11.5 Å². The first-order valence-corrected chi connectivity index (χ1v) is 14.5. The Morgan fingerprint density at radius 1 is 0.976 bits per heavy atom. The zero-order valence-corrected chi connectivity index (χ0v) is 24.1. The van der Waals surface area contributed by atoms with Crippen molar-refractivity contribution >= 4 is 74.4 Å². The number of carboxylic acid groups (broad SMARTS) is 1. The van der Waals surface area contributed by atoms with Crippen LogP contribution in [0.3, 0.4) is 0 Å². The van der Waals surface area contributed by atoms with Crippen molar-refractivity contribution in [2.45, 2.75) is 28.5 Å². The summed E-state index contributed by atoms with van der Waals surface area (Å²) in [7, 11) is 0. The molecule has 4 aliphatic rings. The molecule has 0 aromatic heterocycles. The number of amides is 4. The number of aromatic carboxylic acids is 1. The van der Waals surface area contributed by atoms with Crippen molar-refractivity contribution in [2.24, 2.45) is 17.8 Å². The summed E-state index contributed by atoms with van der Waals surface area (Å²) in [6.45, 7) is 0. The highest BCUT2D eigenvalue weighted by molar-refractivity contribution is 9.09. The van der Waals surface area contributed by atoms with Gasteiger partial charge >= 0.3 is 5.97 Å². The Bertz CT molecular complexity index is 1600. The molecule has 2 heterocycles. The average molecular weight is 664 g/mol. The standard InChI is InChI=1S/C28H21BrCl2N2O8/c29-11-32-25(40)27(30)10-18-15(21(28(27,31)26(32)41)12-1-4-14(34)5-2-12)7-8-17-20(18)23(37)33(22(17)36)13-3-6-16(24(38)39)19(35)9-13/h1-7,9,17-18,20-21,34-35H,8,10-11H2,(H,38,39)/t17-,18+,20-,21-,27+,28-/m0/s1. The van der Waals surface area contributed by atoms with E-state index >= 15 is 0 Å². The van der Waals surface area contributed by atoms with Crippen molar-refractivity contribution in [1.29, 1.82) is 0 Å². The Labute approximate surface area is 251 Å². The number of phenolic OH excluding ortho intramolecular Hbond substituents is 1. The molecule has 2 aromatic rings. The molecule has 0 bridgehead atoms. The summed E-state index contributed by atoms with van der Waals surface area (Å²) in [5, 5.41) is 29.4. The number of rotatable bonds is 4. The van der Waals surface area contributed by atoms with E-state index in [9.17, 15) is 39.3 Å². The third-order valence-electron chi connectivity index (χ3n) is 8.71. The first kappa shape index (κ1) is 27.7. The normalized spacial score (nSPS) is 32.5. The molecule has 13 heteroatoms. The zero-order chi connectivity index (χ0) is 29.6. The van der Waals surface area contributed by atoms with E-state index in [2.05, 4.69) is 15.9 Å². The largest absolute Gasteiger partial charge is 0.508 e. The van der Waals surface area contributed by atoms with Crippen molar-refractivity contribution in [2.75, 3.05) is 10.4 Å². The highest BCUT2D eigenvalue weighted by Gasteiger charge is 2.76. The lowest BCUT2D eigenvalue weighted by Gasteiger charge is -2.50. The van der Waals surface area contributed by atoms with Gasteiger partial charge in [-0.3, -0.25) is 24.1 Å². The third-order valence-corrected chi connectivity index (χ3v) is 10.6. The maximum absolute atomic E-state index is 14.0. The van der Waals surface area contributed by atoms with Crippen LogP contribution in [0.4, 0.5) is 5.69 Å². The van der Waals surface area contributed by atoms with Gasteiger partial charge in [-0.1, -0.05) is 39.7 Å². The van der Waals surface area contributed by atoms with E-state index in [1.807, 2.05) is 0 Å². The molecule has 10 nitrogen and oxygen atoms in total. The molecule has 6 atom stereocenters. The summed E-state index contributed by atoms with van der Waals surface area (Å²) in [6, 6.07) is 9.41. The average Bonchev–Trinajstić information content (AvgIpc) is 3.27. The molecular formula is C28H21BrCl2N2O8. The van der Waals surface area contributed by atoms with Gasteiger partial charge in [0.15, 0.2) is 9.75 Å². The zero-order valence-electron chi connectivity index (χ0n) is 21.0. The molecule has 3 fully saturated rings. The van der Waals surface area contributed by atoms with Crippen LogP contribution in [0.2, 0.25) is 0 Å². The van der Waals surface area contributed by atoms with Gasteiger partial charge in [-0.15, -0.1) is 23.2 Å². The smallest absolute Gasteiger partial charge is 0.339 e. The van der Waals surface area contributed by atoms with Crippen molar-refractivity contribution < 1.29 is 39.3 Å². The number of likely N-dealkylation sites (tertiary alicyclic amines) is 1. The van der Waals surface area contributed by atoms with E-state index < -0.39 is 68.8 Å². The van der Waals surface area contributed by atoms with Crippen molar-refractivity contribution in [3.8, 4) is 11.5 Å². The second kappa shape index (κ2) is 9.30. The number of fused-ring (bicyclic) bond motifs is 4. The summed E-state index contributed by atoms with van der Waals surface area (Å²) in [5.41, 5.74) is 0.563. The SMILES string of the molecule is O=C(O)c1ccc(N2C(=O)[C@H]3[C@H](CC=C4[C@H]3C[C@@]3(Cl)C(=O)N(CBr)C(=O)[C@@]3(Cl)[C@H]4c3ccc(O)cc3)C2=O)cc1O. The second-order valence-corrected chi connectivity index (χ2v) is 12.3. The summed E-state index contributed by atoms with van der Waals surface area (Å²) in [6.07, 6.45) is 1.72. The van der Waals surface area contributed by atoms with Crippen LogP contribution in [0.25, 0.3) is 0 Å². The van der Waals surface area contributed by atoms with Gasteiger partial charge in [0, 0.05) is 12.0 Å². The number of carboxylic acids is 1. The number of alkyl halides is 3. The molecule has 0 unspecified atom stereocenters. The maximum atomic E-state index is 14.0. The summed E-state index contributed by atoms with van der Waals surface area (Å²) in [5.74, 6) is -8.05. The van der Waals surface area contributed by atoms with E-state index in [4.69, 9.17) is 23.2 Å². The number of hydrogen-bond donors (Lipinski definition) is 3. The van der Waals surface area contributed by atoms with Crippen LogP contribution in [-0.4, -0.2) is 65.0 Å². The van der Waals surface area contributed by atoms with Gasteiger partial charge in [-0.05, 0) is 48.6 Å². The van der Waals surface area contributed by atoms with Gasteiger partial charge in [0.2, 0.25) is 11.8 Å². The Morgan fingerprint density at radius 3 is 2.27 bits per heavy atom. The molecule has 1 saturated carbocycles. The number of halogens is 3. The highest BCUT2D eigenvalue weighted by atomic mass is 79.9. The minimum atomic E-state index is -1.95. The number of benzene rings is 2. The monoisotopic (exact) mass is 662 g/mol. The van der Waals surface area contributed by atoms with Crippen LogP contribution in [0.15, 0.2) is 54.1 Å². The van der Waals surface area contributed by atoms with Crippen LogP contribution >= 0.6 is 39.1 Å². The first-order chi connectivity index (χ1) is 19.4. The molecular weight excluding hydrogens is 643 g/mol. The maximum Gasteiger partial charge on any atom is 0.339 e. The minimum Gasteiger partial charge on any atom is -0.508 e. The fourth-order valence-corrected chi connectivity index (χ4v) is 8.31. The first-order valence-electron chi connectivity index (χ1n) is 12.6. The van der Waals surface area contributed by atoms with Gasteiger partial charge in [-0.25, -0.2) is 9.69 Å². The molecule has 4 amide bonds. The molecule has 212 valence electrons. The topological polar surface area (TPSA) is 153 Å². The Balaban J connectivity index is 1.48. The highest BCUT2D eigenvalue weighted by Crippen LogP contribution is 2.65. The lowest BCUT2D eigenvalue weighted by atomic mass is 9.56. The number of imide groups is 2. The van der Waals surface area contributed by atoms with Gasteiger partial charge in [0.1, 0.15) is 17.1 Å². The quantitative estimate of drug-likeness (QED) is 0.194. The number of nitrogens with zero attached hydrogens (tertiary/aromatic N) is 2. The molecule has 2 saturated heterocycles. The number of anilines is 1. The number of carbonyl (C=O) groups excluding carboxylic acids is 4. The summed E-state index contributed by atoms with van der Waals surface area (Å²) in [4.78, 5) is 64.2. The van der Waals surface area contributed by atoms with Crippen molar-refractivity contribution in [1.82, 2.24) is 4.90 Å². The molecule has 2 aromatic carbocycles. The fourth-order valence-electron chi connectivity index (χ4n) is 6.89. The van der Waals surface area contributed by atoms with Crippen LogP contribution < -0.4 is 4.90 Å². The number of carbonyl (C=O) groups is 5. The molecule has 2 aliphatic carbocycles. The second-order valence-electron chi connectivity index (χ2n) is 10.6. The number of hydrogen-bond acceptors (Lipinski definition) is 7. The van der Waals surface area contributed by atoms with E-state index in [1.165, 1.54) is 18.2 Å². The summed E-state index contributed by atoms with van der Waals surface area (Å²) >= 11 is 17.4. The van der Waals surface area contributed by atoms with Crippen molar-refractivity contribution in [3.63, 3.8) is 0 Å². The number of phenols is 2. The summed E-state index contributed by atoms with van der Waals surface area (Å²) < 4.78 is 0. The third kappa shape index (κ3) is 3.58. The molecule has 3 N–H and O–H groups in total. The Kier molecular flexibility index (Phi) is 6.29. The lowest BCUT2D eigenvalue weighted by molar-refractivity contribution is -0.138. The van der Waals surface area contributed by atoms with Gasteiger partial charge in [-0.2, -0.15) is 0 Å². The number of aromatic hydroxyl groups is 2. The fraction of sp³-hybridized carbons (Fsp3) is 0.321. The van der Waals surface area contributed by atoms with Crippen molar-refractivity contribution in [3.05, 3.63) is 65.2 Å². The van der Waals surface area contributed by atoms with E-state index in [0.29, 0.717) is 11.1 Å². The van der Waals surface area contributed by atoms with Gasteiger partial charge in [0.25, 0.3) is 11.8 Å². The minimum absolute atomic E-state index is 0.00852. The van der Waals surface area contributed by atoms with E-state index in [0.717, 1.165) is 21.9 Å². The van der Waals surface area contributed by atoms with Gasteiger partial charge in [0.05, 0.1) is 23.0 Å². The van der Waals surface area contributed by atoms with Crippen LogP contribution in [-0.2, 0) is 19.2 Å². The molecule has 2 aliphatic heterocycles. The molecule has 6 rings (SSSR count). The molecule has 0 radical (unpaired) electrons.